The zero-order chi connectivity index (χ0) is 19.2. The van der Waals surface area contributed by atoms with E-state index >= 15 is 0 Å². The van der Waals surface area contributed by atoms with Crippen molar-refractivity contribution in [2.75, 3.05) is 31.6 Å². The summed E-state index contributed by atoms with van der Waals surface area (Å²) in [5, 5.41) is 23.5. The molecule has 6 nitrogen and oxygen atoms in total. The van der Waals surface area contributed by atoms with Crippen LogP contribution in [0.25, 0.3) is 10.9 Å². The fourth-order valence-electron chi connectivity index (χ4n) is 2.98. The summed E-state index contributed by atoms with van der Waals surface area (Å²) in [6.45, 7) is 6.00. The molecule has 0 fully saturated rings. The van der Waals surface area contributed by atoms with Gasteiger partial charge in [0.25, 0.3) is 0 Å². The average molecular weight is 380 g/mol. The van der Waals surface area contributed by atoms with Crippen LogP contribution in [0.5, 0.6) is 0 Å². The molecule has 26 heavy (non-hydrogen) atoms. The number of likely N-dealkylation sites (N-methyl/N-ethyl adjacent to an activating group) is 1. The number of aliphatic carboxylic acids is 1. The van der Waals surface area contributed by atoms with Crippen LogP contribution in [0, 0.1) is 0 Å². The van der Waals surface area contributed by atoms with Gasteiger partial charge in [-0.05, 0) is 57.1 Å². The quantitative estimate of drug-likeness (QED) is 0.587. The summed E-state index contributed by atoms with van der Waals surface area (Å²) in [4.78, 5) is 18.3. The van der Waals surface area contributed by atoms with Crippen LogP contribution in [0.3, 0.4) is 0 Å². The second kappa shape index (κ2) is 9.16. The maximum Gasteiger partial charge on any atom is 0.329 e. The fraction of sp³-hybridized carbons (Fsp3) is 0.474. The van der Waals surface area contributed by atoms with Crippen LogP contribution < -0.4 is 5.32 Å². The van der Waals surface area contributed by atoms with Crippen LogP contribution in [0.1, 0.15) is 26.7 Å². The van der Waals surface area contributed by atoms with Gasteiger partial charge in [-0.2, -0.15) is 0 Å². The molecule has 3 N–H and O–H groups in total. The Kier molecular flexibility index (Phi) is 7.20. The van der Waals surface area contributed by atoms with E-state index in [9.17, 15) is 9.90 Å². The number of carbonyl (C=O) groups is 1. The third-order valence-corrected chi connectivity index (χ3v) is 4.84. The van der Waals surface area contributed by atoms with Crippen molar-refractivity contribution in [3.63, 3.8) is 0 Å². The van der Waals surface area contributed by atoms with Crippen molar-refractivity contribution < 1.29 is 15.0 Å². The number of hydrogen-bond acceptors (Lipinski definition) is 5. The molecule has 7 heteroatoms. The zero-order valence-electron chi connectivity index (χ0n) is 15.2. The summed E-state index contributed by atoms with van der Waals surface area (Å²) >= 11 is 6.02. The van der Waals surface area contributed by atoms with Crippen molar-refractivity contribution in [1.29, 1.82) is 0 Å². The number of carboxylic acid groups (broad SMARTS) is 1. The van der Waals surface area contributed by atoms with E-state index < -0.39 is 11.5 Å². The highest BCUT2D eigenvalue weighted by Crippen LogP contribution is 2.28. The standard InChI is InChI=1S/C19H26ClN3O3/c1-3-23(11-12-24)10-4-8-19(2,18(25)26)22-16-7-9-21-17-13-14(20)5-6-15(16)17/h5-7,9,13,24H,3-4,8,10-12H2,1-2H3,(H,21,22)(H,25,26). The molecule has 1 atom stereocenters. The van der Waals surface area contributed by atoms with Crippen LogP contribution in [0.2, 0.25) is 5.02 Å². The predicted molar refractivity (Wildman–Crippen MR) is 105 cm³/mol. The topological polar surface area (TPSA) is 85.7 Å². The zero-order valence-corrected chi connectivity index (χ0v) is 16.0. The van der Waals surface area contributed by atoms with Gasteiger partial charge in [0.2, 0.25) is 0 Å². The first-order chi connectivity index (χ1) is 12.4. The summed E-state index contributed by atoms with van der Waals surface area (Å²) in [6, 6.07) is 7.15. The highest BCUT2D eigenvalue weighted by Gasteiger charge is 2.33. The number of anilines is 1. The number of aliphatic hydroxyl groups is 1. The number of hydrogen-bond donors (Lipinski definition) is 3. The molecule has 0 spiro atoms. The summed E-state index contributed by atoms with van der Waals surface area (Å²) < 4.78 is 0. The van der Waals surface area contributed by atoms with Gasteiger partial charge in [0.15, 0.2) is 0 Å². The normalized spacial score (nSPS) is 13.7. The maximum absolute atomic E-state index is 11.9. The van der Waals surface area contributed by atoms with Crippen LogP contribution in [0.15, 0.2) is 30.5 Å². The minimum Gasteiger partial charge on any atom is -0.480 e. The minimum absolute atomic E-state index is 0.105. The molecule has 0 bridgehead atoms. The molecule has 0 aliphatic carbocycles. The van der Waals surface area contributed by atoms with Crippen LogP contribution in [-0.2, 0) is 4.79 Å². The van der Waals surface area contributed by atoms with Crippen molar-refractivity contribution in [1.82, 2.24) is 9.88 Å². The molecule has 2 rings (SSSR count). The van der Waals surface area contributed by atoms with Gasteiger partial charge >= 0.3 is 5.97 Å². The molecular formula is C19H26ClN3O3. The Bertz CT molecular complexity index is 756. The Morgan fingerprint density at radius 1 is 1.35 bits per heavy atom. The average Bonchev–Trinajstić information content (AvgIpc) is 2.60. The number of benzene rings is 1. The number of nitrogens with one attached hydrogen (secondary N) is 1. The molecule has 1 aromatic heterocycles. The largest absolute Gasteiger partial charge is 0.480 e. The third kappa shape index (κ3) is 5.06. The lowest BCUT2D eigenvalue weighted by molar-refractivity contribution is -0.142. The molecule has 0 aliphatic rings. The van der Waals surface area contributed by atoms with Crippen molar-refractivity contribution in [2.45, 2.75) is 32.2 Å². The van der Waals surface area contributed by atoms with Gasteiger partial charge in [0, 0.05) is 28.8 Å². The van der Waals surface area contributed by atoms with Gasteiger partial charge in [-0.1, -0.05) is 18.5 Å². The van der Waals surface area contributed by atoms with Crippen molar-refractivity contribution in [3.05, 3.63) is 35.5 Å². The van der Waals surface area contributed by atoms with Crippen molar-refractivity contribution in [2.24, 2.45) is 0 Å². The number of fused-ring (bicyclic) bond motifs is 1. The molecule has 0 radical (unpaired) electrons. The first kappa shape index (κ1) is 20.4. The molecule has 142 valence electrons. The summed E-state index contributed by atoms with van der Waals surface area (Å²) in [6.07, 6.45) is 2.81. The van der Waals surface area contributed by atoms with Gasteiger partial charge in [-0.15, -0.1) is 0 Å². The minimum atomic E-state index is -1.10. The molecule has 0 amide bonds. The van der Waals surface area contributed by atoms with E-state index in [-0.39, 0.29) is 6.61 Å². The highest BCUT2D eigenvalue weighted by molar-refractivity contribution is 6.31. The van der Waals surface area contributed by atoms with E-state index in [0.717, 1.165) is 29.7 Å². The van der Waals surface area contributed by atoms with Gasteiger partial charge in [0.05, 0.1) is 12.1 Å². The van der Waals surface area contributed by atoms with Gasteiger partial charge in [-0.25, -0.2) is 4.79 Å². The van der Waals surface area contributed by atoms with Gasteiger partial charge < -0.3 is 20.4 Å². The van der Waals surface area contributed by atoms with E-state index in [2.05, 4.69) is 15.2 Å². The molecule has 0 saturated carbocycles. The molecular weight excluding hydrogens is 354 g/mol. The van der Waals surface area contributed by atoms with Gasteiger partial charge in [0.1, 0.15) is 5.54 Å². The lowest BCUT2D eigenvalue weighted by Gasteiger charge is -2.29. The Morgan fingerprint density at radius 3 is 2.77 bits per heavy atom. The number of carboxylic acids is 1. The van der Waals surface area contributed by atoms with E-state index in [1.54, 1.807) is 31.3 Å². The molecule has 1 unspecified atom stereocenters. The van der Waals surface area contributed by atoms with Crippen molar-refractivity contribution >= 4 is 34.2 Å². The Labute approximate surface area is 158 Å². The molecule has 2 aromatic rings. The Morgan fingerprint density at radius 2 is 2.12 bits per heavy atom. The third-order valence-electron chi connectivity index (χ3n) is 4.60. The maximum atomic E-state index is 11.9. The first-order valence-corrected chi connectivity index (χ1v) is 9.16. The lowest BCUT2D eigenvalue weighted by Crippen LogP contribution is -2.44. The number of rotatable bonds is 10. The Hall–Kier alpha value is -1.89. The molecule has 1 aromatic carbocycles. The van der Waals surface area contributed by atoms with E-state index in [1.807, 2.05) is 13.0 Å². The van der Waals surface area contributed by atoms with Crippen LogP contribution >= 0.6 is 11.6 Å². The predicted octanol–water partition coefficient (Wildman–Crippen LogP) is 3.24. The van der Waals surface area contributed by atoms with Crippen LogP contribution in [-0.4, -0.2) is 57.8 Å². The summed E-state index contributed by atoms with van der Waals surface area (Å²) in [5.41, 5.74) is 0.335. The number of aromatic nitrogens is 1. The van der Waals surface area contributed by atoms with Crippen molar-refractivity contribution in [3.8, 4) is 0 Å². The second-order valence-electron chi connectivity index (χ2n) is 6.54. The monoisotopic (exact) mass is 379 g/mol. The fourth-order valence-corrected chi connectivity index (χ4v) is 3.14. The molecule has 0 saturated heterocycles. The molecule has 1 heterocycles. The number of pyridine rings is 1. The summed E-state index contributed by atoms with van der Waals surface area (Å²) in [7, 11) is 0. The first-order valence-electron chi connectivity index (χ1n) is 8.78. The number of nitrogens with zero attached hydrogens (tertiary/aromatic N) is 2. The Balaban J connectivity index is 2.16. The second-order valence-corrected chi connectivity index (χ2v) is 6.98. The van der Waals surface area contributed by atoms with Crippen LogP contribution in [0.4, 0.5) is 5.69 Å². The SMILES string of the molecule is CCN(CCO)CCCC(C)(Nc1ccnc2cc(Cl)ccc12)C(=O)O. The molecule has 0 aliphatic heterocycles. The lowest BCUT2D eigenvalue weighted by atomic mass is 9.94. The highest BCUT2D eigenvalue weighted by atomic mass is 35.5. The number of halogens is 1. The van der Waals surface area contributed by atoms with E-state index in [0.29, 0.717) is 24.4 Å². The number of aliphatic hydroxyl groups excluding tert-OH is 1. The van der Waals surface area contributed by atoms with Gasteiger partial charge in [-0.3, -0.25) is 4.98 Å². The smallest absolute Gasteiger partial charge is 0.329 e. The van der Waals surface area contributed by atoms with E-state index in [4.69, 9.17) is 16.7 Å². The summed E-state index contributed by atoms with van der Waals surface area (Å²) in [5.74, 6) is -0.901. The van der Waals surface area contributed by atoms with E-state index in [1.165, 1.54) is 0 Å².